The second-order valence-electron chi connectivity index (χ2n) is 13.6. The van der Waals surface area contributed by atoms with Crippen molar-refractivity contribution in [2.75, 3.05) is 19.4 Å². The van der Waals surface area contributed by atoms with Gasteiger partial charge in [-0.15, -0.1) is 11.8 Å². The molecule has 3 aromatic carbocycles. The van der Waals surface area contributed by atoms with Crippen molar-refractivity contribution >= 4 is 39.3 Å². The summed E-state index contributed by atoms with van der Waals surface area (Å²) >= 11 is 1.51. The first-order valence-electron chi connectivity index (χ1n) is 17.1. The zero-order chi connectivity index (χ0) is 38.9. The highest BCUT2D eigenvalue weighted by Crippen LogP contribution is 2.46. The number of esters is 1. The molecule has 1 aliphatic rings. The second-order valence-corrected chi connectivity index (χ2v) is 16.6. The molecule has 1 aliphatic heterocycles. The quantitative estimate of drug-likeness (QED) is 0.0831. The van der Waals surface area contributed by atoms with Gasteiger partial charge in [-0.05, 0) is 86.2 Å². The van der Waals surface area contributed by atoms with Crippen LogP contribution in [-0.2, 0) is 37.4 Å². The zero-order valence-corrected chi connectivity index (χ0v) is 32.7. The van der Waals surface area contributed by atoms with Gasteiger partial charge in [-0.1, -0.05) is 73.3 Å². The fraction of sp³-hybridized carbons (Fsp3) is 0.317. The first-order valence-corrected chi connectivity index (χ1v) is 19.6. The number of carboxylic acids is 1. The molecule has 0 bridgehead atoms. The third kappa shape index (κ3) is 10.4. The molecule has 1 heterocycles. The summed E-state index contributed by atoms with van der Waals surface area (Å²) in [6.45, 7) is 13.9. The number of fused-ring (bicyclic) bond motifs is 1. The van der Waals surface area contributed by atoms with E-state index in [0.717, 1.165) is 33.4 Å². The van der Waals surface area contributed by atoms with Crippen LogP contribution in [0.15, 0.2) is 114 Å². The standard InChI is InChI=1S/C41H49N3O7S2/c1-27(12-10-13-29(3)39(45)46)32-15-11-14-31(20-32)22-43-23-35(42)26-52-38(41(5,6)40(47)50-7)33-19-18-28(2)34(21-33)25-44-24-30(4)51-36-16-8-9-17-37(36)53(44,48)49/h8-21,23,30,38,43H,1,22,24-26,42H2,2-7H3,(H,45,46)/b12-10-,29-13+,35-23-/t30-,38?/m1/s1. The van der Waals surface area contributed by atoms with Crippen molar-refractivity contribution in [3.63, 3.8) is 0 Å². The van der Waals surface area contributed by atoms with Crippen LogP contribution in [0.1, 0.15) is 60.8 Å². The highest BCUT2D eigenvalue weighted by molar-refractivity contribution is 7.99. The third-order valence-electron chi connectivity index (χ3n) is 8.93. The van der Waals surface area contributed by atoms with Crippen LogP contribution in [0.25, 0.3) is 5.57 Å². The summed E-state index contributed by atoms with van der Waals surface area (Å²) in [6.07, 6.45) is 6.35. The fourth-order valence-corrected chi connectivity index (χ4v) is 8.78. The number of carbonyl (C=O) groups excluding carboxylic acids is 1. The first-order chi connectivity index (χ1) is 25.0. The number of para-hydroxylation sites is 1. The van der Waals surface area contributed by atoms with Gasteiger partial charge in [-0.3, -0.25) is 4.79 Å². The molecule has 0 aliphatic carbocycles. The third-order valence-corrected chi connectivity index (χ3v) is 12.5. The monoisotopic (exact) mass is 759 g/mol. The summed E-state index contributed by atoms with van der Waals surface area (Å²) in [4.78, 5) is 24.3. The highest BCUT2D eigenvalue weighted by atomic mass is 32.2. The van der Waals surface area contributed by atoms with Gasteiger partial charge in [0, 0.05) is 41.6 Å². The van der Waals surface area contributed by atoms with Gasteiger partial charge in [0.1, 0.15) is 16.7 Å². The van der Waals surface area contributed by atoms with Crippen molar-refractivity contribution in [1.82, 2.24) is 9.62 Å². The number of nitrogens with zero attached hydrogens (tertiary/aromatic N) is 1. The Kier molecular flexibility index (Phi) is 13.8. The number of benzene rings is 3. The van der Waals surface area contributed by atoms with Gasteiger partial charge in [0.15, 0.2) is 0 Å². The topological polar surface area (TPSA) is 148 Å². The van der Waals surface area contributed by atoms with Crippen molar-refractivity contribution in [2.24, 2.45) is 11.1 Å². The SMILES string of the molecule is C=C(/C=C\C=C(/C)C(=O)O)c1cccc(CN/C=C(\N)CSC(c2ccc(C)c(CN3C[C@@H](C)Oc4ccccc4S3(=O)=O)c2)C(C)(C)C(=O)OC)c1. The number of sulfonamides is 1. The van der Waals surface area contributed by atoms with E-state index < -0.39 is 21.4 Å². The van der Waals surface area contributed by atoms with E-state index >= 15 is 0 Å². The van der Waals surface area contributed by atoms with Gasteiger partial charge < -0.3 is 25.6 Å². The number of carboxylic acid groups (broad SMARTS) is 1. The Bertz CT molecular complexity index is 2040. The first kappa shape index (κ1) is 41.0. The average Bonchev–Trinajstić information content (AvgIpc) is 3.21. The van der Waals surface area contributed by atoms with Gasteiger partial charge in [0.25, 0.3) is 0 Å². The summed E-state index contributed by atoms with van der Waals surface area (Å²) in [5, 5.41) is 11.9. The van der Waals surface area contributed by atoms with Crippen LogP contribution in [0.5, 0.6) is 5.75 Å². The molecule has 12 heteroatoms. The molecule has 0 saturated carbocycles. The minimum Gasteiger partial charge on any atom is -0.488 e. The molecule has 0 saturated heterocycles. The smallest absolute Gasteiger partial charge is 0.331 e. The Balaban J connectivity index is 1.50. The maximum atomic E-state index is 13.8. The van der Waals surface area contributed by atoms with Crippen molar-refractivity contribution in [3.05, 3.63) is 137 Å². The minimum absolute atomic E-state index is 0.137. The van der Waals surface area contributed by atoms with Gasteiger partial charge in [-0.25, -0.2) is 13.2 Å². The highest BCUT2D eigenvalue weighted by Gasteiger charge is 2.40. The molecule has 10 nitrogen and oxygen atoms in total. The number of hydrogen-bond acceptors (Lipinski definition) is 9. The number of allylic oxidation sites excluding steroid dienone is 4. The van der Waals surface area contributed by atoms with E-state index in [2.05, 4.69) is 11.9 Å². The van der Waals surface area contributed by atoms with Crippen LogP contribution in [0.4, 0.5) is 0 Å². The summed E-state index contributed by atoms with van der Waals surface area (Å²) in [6, 6.07) is 20.4. The summed E-state index contributed by atoms with van der Waals surface area (Å²) in [5.74, 6) is -0.601. The number of nitrogens with two attached hydrogens (primary N) is 1. The average molecular weight is 760 g/mol. The lowest BCUT2D eigenvalue weighted by Gasteiger charge is -2.32. The summed E-state index contributed by atoms with van der Waals surface area (Å²) < 4.78 is 40.2. The lowest BCUT2D eigenvalue weighted by molar-refractivity contribution is -0.150. The predicted octanol–water partition coefficient (Wildman–Crippen LogP) is 7.13. The second kappa shape index (κ2) is 17.8. The van der Waals surface area contributed by atoms with Crippen molar-refractivity contribution in [2.45, 2.75) is 64.0 Å². The summed E-state index contributed by atoms with van der Waals surface area (Å²) in [5.41, 5.74) is 11.6. The van der Waals surface area contributed by atoms with Crippen LogP contribution >= 0.6 is 11.8 Å². The molecule has 4 rings (SSSR count). The lowest BCUT2D eigenvalue weighted by Crippen LogP contribution is -2.35. The molecule has 282 valence electrons. The van der Waals surface area contributed by atoms with Crippen molar-refractivity contribution in [3.8, 4) is 5.75 Å². The Hall–Kier alpha value is -4.78. The van der Waals surface area contributed by atoms with E-state index in [1.54, 1.807) is 42.6 Å². The van der Waals surface area contributed by atoms with Gasteiger partial charge in [0.05, 0.1) is 19.1 Å². The number of carbonyl (C=O) groups is 2. The number of aliphatic carboxylic acids is 1. The Morgan fingerprint density at radius 2 is 1.91 bits per heavy atom. The molecule has 4 N–H and O–H groups in total. The molecule has 0 amide bonds. The van der Waals surface area contributed by atoms with E-state index in [1.807, 2.05) is 70.2 Å². The maximum Gasteiger partial charge on any atom is 0.331 e. The van der Waals surface area contributed by atoms with Crippen LogP contribution in [0.3, 0.4) is 0 Å². The minimum atomic E-state index is -3.84. The van der Waals surface area contributed by atoms with E-state index in [-0.39, 0.29) is 40.9 Å². The fourth-order valence-electron chi connectivity index (χ4n) is 5.87. The number of rotatable bonds is 15. The number of ether oxygens (including phenoxy) is 2. The number of nitrogens with one attached hydrogen (secondary N) is 1. The molecule has 0 fully saturated rings. The Morgan fingerprint density at radius 1 is 1.17 bits per heavy atom. The number of thioether (sulfide) groups is 1. The normalized spacial score (nSPS) is 17.0. The predicted molar refractivity (Wildman–Crippen MR) is 211 cm³/mol. The summed E-state index contributed by atoms with van der Waals surface area (Å²) in [7, 11) is -2.47. The Labute approximate surface area is 317 Å². The van der Waals surface area contributed by atoms with Crippen molar-refractivity contribution < 1.29 is 32.6 Å². The van der Waals surface area contributed by atoms with E-state index in [9.17, 15) is 18.0 Å². The molecule has 2 atom stereocenters. The van der Waals surface area contributed by atoms with E-state index in [1.165, 1.54) is 36.2 Å². The molecule has 0 spiro atoms. The Morgan fingerprint density at radius 3 is 2.62 bits per heavy atom. The van der Waals surface area contributed by atoms with E-state index in [4.69, 9.17) is 20.3 Å². The largest absolute Gasteiger partial charge is 0.488 e. The molecule has 0 radical (unpaired) electrons. The zero-order valence-electron chi connectivity index (χ0n) is 31.1. The van der Waals surface area contributed by atoms with Crippen molar-refractivity contribution in [1.29, 1.82) is 0 Å². The van der Waals surface area contributed by atoms with Gasteiger partial charge in [0.2, 0.25) is 10.0 Å². The number of aryl methyl sites for hydroxylation is 1. The molecule has 1 unspecified atom stereocenters. The molecular weight excluding hydrogens is 711 g/mol. The van der Waals surface area contributed by atoms with Gasteiger partial charge in [-0.2, -0.15) is 4.31 Å². The molecule has 53 heavy (non-hydrogen) atoms. The van der Waals surface area contributed by atoms with Crippen LogP contribution in [0, 0.1) is 12.3 Å². The van der Waals surface area contributed by atoms with E-state index in [0.29, 0.717) is 23.7 Å². The van der Waals surface area contributed by atoms with Crippen LogP contribution in [-0.4, -0.2) is 55.3 Å². The molecule has 0 aromatic heterocycles. The van der Waals surface area contributed by atoms with Crippen LogP contribution < -0.4 is 15.8 Å². The lowest BCUT2D eigenvalue weighted by atomic mass is 9.84. The number of methoxy groups -OCH3 is 1. The number of hydrogen-bond donors (Lipinski definition) is 3. The van der Waals surface area contributed by atoms with Crippen LogP contribution in [0.2, 0.25) is 0 Å². The van der Waals surface area contributed by atoms with Gasteiger partial charge >= 0.3 is 11.9 Å². The maximum absolute atomic E-state index is 13.8. The molecule has 3 aromatic rings. The molecular formula is C41H49N3O7S2.